The minimum atomic E-state index is -0.289. The molecule has 0 fully saturated rings. The van der Waals surface area contributed by atoms with E-state index in [1.807, 2.05) is 48.5 Å². The van der Waals surface area contributed by atoms with Crippen molar-refractivity contribution >= 4 is 29.4 Å². The van der Waals surface area contributed by atoms with Gasteiger partial charge in [0.15, 0.2) is 0 Å². The van der Waals surface area contributed by atoms with Crippen LogP contribution in [0.1, 0.15) is 22.8 Å². The first kappa shape index (κ1) is 26.6. The van der Waals surface area contributed by atoms with E-state index < -0.39 is 0 Å². The Balaban J connectivity index is 1.83. The number of rotatable bonds is 10. The normalized spacial score (nSPS) is 15.2. The first-order chi connectivity index (χ1) is 18.0. The zero-order valence-electron chi connectivity index (χ0n) is 21.5. The van der Waals surface area contributed by atoms with Crippen LogP contribution < -0.4 is 19.7 Å². The third kappa shape index (κ3) is 5.75. The molecule has 1 atom stereocenters. The quantitative estimate of drug-likeness (QED) is 0.406. The van der Waals surface area contributed by atoms with Crippen molar-refractivity contribution in [1.82, 2.24) is 15.1 Å². The summed E-state index contributed by atoms with van der Waals surface area (Å²) in [7, 11) is 6.67. The van der Waals surface area contributed by atoms with Crippen LogP contribution in [0.2, 0.25) is 0 Å². The van der Waals surface area contributed by atoms with Crippen LogP contribution in [0.15, 0.2) is 48.5 Å². The monoisotopic (exact) mass is 524 g/mol. The van der Waals surface area contributed by atoms with Gasteiger partial charge in [-0.05, 0) is 24.6 Å². The van der Waals surface area contributed by atoms with Crippen LogP contribution in [0.25, 0.3) is 11.3 Å². The van der Waals surface area contributed by atoms with E-state index in [1.54, 1.807) is 38.0 Å². The minimum Gasteiger partial charge on any atom is -0.497 e. The first-order valence-electron chi connectivity index (χ1n) is 12.0. The number of carbonyl (C=O) groups excluding carboxylic acids is 2. The zero-order valence-corrected chi connectivity index (χ0v) is 22.3. The Bertz CT molecular complexity index is 1250. The fourth-order valence-electron chi connectivity index (χ4n) is 4.43. The van der Waals surface area contributed by atoms with Crippen LogP contribution in [0, 0.1) is 0 Å². The number of fused-ring (bicyclic) bond motifs is 1. The Morgan fingerprint density at radius 3 is 2.62 bits per heavy atom. The fraction of sp³-hybridized carbons (Fsp3) is 0.370. The van der Waals surface area contributed by atoms with Crippen molar-refractivity contribution in [2.45, 2.75) is 11.7 Å². The van der Waals surface area contributed by atoms with E-state index in [1.165, 1.54) is 11.8 Å². The smallest absolute Gasteiger partial charge is 0.240 e. The summed E-state index contributed by atoms with van der Waals surface area (Å²) < 4.78 is 18.0. The average Bonchev–Trinajstić information content (AvgIpc) is 3.18. The van der Waals surface area contributed by atoms with E-state index in [4.69, 9.17) is 19.3 Å². The summed E-state index contributed by atoms with van der Waals surface area (Å²) in [5.41, 5.74) is 3.39. The van der Waals surface area contributed by atoms with Gasteiger partial charge in [0.25, 0.3) is 0 Å². The topological polar surface area (TPSA) is 94.9 Å². The molecule has 2 heterocycles. The van der Waals surface area contributed by atoms with E-state index in [9.17, 15) is 9.59 Å². The molecule has 0 aliphatic carbocycles. The minimum absolute atomic E-state index is 0.102. The molecule has 1 aromatic heterocycles. The molecule has 37 heavy (non-hydrogen) atoms. The van der Waals surface area contributed by atoms with E-state index in [0.29, 0.717) is 36.9 Å². The molecule has 0 saturated heterocycles. The van der Waals surface area contributed by atoms with Gasteiger partial charge in [0.1, 0.15) is 23.9 Å². The number of aryl methyl sites for hydroxylation is 1. The van der Waals surface area contributed by atoms with Crippen molar-refractivity contribution in [2.24, 2.45) is 7.05 Å². The van der Waals surface area contributed by atoms with Crippen molar-refractivity contribution in [3.05, 3.63) is 59.7 Å². The summed E-state index contributed by atoms with van der Waals surface area (Å²) in [5.74, 6) is 1.75. The average molecular weight is 525 g/mol. The molecular formula is C27H32N4O5S. The number of benzene rings is 2. The number of aromatic nitrogens is 2. The molecule has 2 amide bonds. The highest BCUT2D eigenvalue weighted by Crippen LogP contribution is 2.50. The number of methoxy groups -OCH3 is 3. The number of thioether (sulfide) groups is 1. The van der Waals surface area contributed by atoms with Crippen LogP contribution in [-0.2, 0) is 21.4 Å². The molecule has 2 aromatic carbocycles. The zero-order chi connectivity index (χ0) is 26.4. The van der Waals surface area contributed by atoms with Crippen LogP contribution in [0.3, 0.4) is 0 Å². The third-order valence-corrected chi connectivity index (χ3v) is 7.40. The summed E-state index contributed by atoms with van der Waals surface area (Å²) in [6.07, 6.45) is 0.693. The second kappa shape index (κ2) is 12.2. The molecule has 0 spiro atoms. The molecule has 1 aliphatic rings. The lowest BCUT2D eigenvalue weighted by molar-refractivity contribution is -0.123. The summed E-state index contributed by atoms with van der Waals surface area (Å²) in [4.78, 5) is 27.8. The largest absolute Gasteiger partial charge is 0.497 e. The highest BCUT2D eigenvalue weighted by molar-refractivity contribution is 8.00. The van der Waals surface area contributed by atoms with Gasteiger partial charge < -0.3 is 19.5 Å². The summed E-state index contributed by atoms with van der Waals surface area (Å²) >= 11 is 1.49. The van der Waals surface area contributed by atoms with Gasteiger partial charge in [-0.15, -0.1) is 11.8 Å². The number of carbonyl (C=O) groups is 2. The number of ether oxygens (including phenoxy) is 3. The first-order valence-corrected chi connectivity index (χ1v) is 13.0. The lowest BCUT2D eigenvalue weighted by Gasteiger charge is -2.23. The molecule has 4 rings (SSSR count). The number of hydrogen-bond donors (Lipinski definition) is 1. The van der Waals surface area contributed by atoms with Gasteiger partial charge in [0.2, 0.25) is 11.8 Å². The van der Waals surface area contributed by atoms with Gasteiger partial charge in [0, 0.05) is 44.0 Å². The van der Waals surface area contributed by atoms with Gasteiger partial charge >= 0.3 is 0 Å². The molecular weight excluding hydrogens is 492 g/mol. The number of nitrogens with one attached hydrogen (secondary N) is 1. The molecule has 0 bridgehead atoms. The second-order valence-electron chi connectivity index (χ2n) is 8.55. The van der Waals surface area contributed by atoms with Crippen molar-refractivity contribution in [1.29, 1.82) is 0 Å². The van der Waals surface area contributed by atoms with Gasteiger partial charge in [-0.2, -0.15) is 5.10 Å². The Hall–Kier alpha value is -3.50. The third-order valence-electron chi connectivity index (χ3n) is 6.16. The van der Waals surface area contributed by atoms with Crippen LogP contribution in [0.5, 0.6) is 11.5 Å². The highest BCUT2D eigenvalue weighted by atomic mass is 32.2. The van der Waals surface area contributed by atoms with Gasteiger partial charge in [-0.3, -0.25) is 19.2 Å². The van der Waals surface area contributed by atoms with Crippen LogP contribution in [0.4, 0.5) is 5.82 Å². The molecule has 0 saturated carbocycles. The van der Waals surface area contributed by atoms with E-state index in [0.717, 1.165) is 22.4 Å². The molecule has 1 aliphatic heterocycles. The number of nitrogens with zero attached hydrogens (tertiary/aromatic N) is 3. The number of anilines is 1. The summed E-state index contributed by atoms with van der Waals surface area (Å²) in [6, 6.07) is 15.5. The summed E-state index contributed by atoms with van der Waals surface area (Å²) in [5, 5.41) is 7.44. The highest BCUT2D eigenvalue weighted by Gasteiger charge is 2.37. The molecule has 1 N–H and O–H groups in total. The Labute approximate surface area is 221 Å². The van der Waals surface area contributed by atoms with Crippen molar-refractivity contribution < 1.29 is 23.8 Å². The predicted molar refractivity (Wildman–Crippen MR) is 144 cm³/mol. The molecule has 196 valence electrons. The van der Waals surface area contributed by atoms with Gasteiger partial charge in [-0.25, -0.2) is 0 Å². The van der Waals surface area contributed by atoms with Gasteiger partial charge in [-0.1, -0.05) is 30.3 Å². The van der Waals surface area contributed by atoms with Crippen LogP contribution >= 0.6 is 11.8 Å². The maximum atomic E-state index is 13.4. The van der Waals surface area contributed by atoms with Crippen molar-refractivity contribution in [2.75, 3.05) is 51.7 Å². The van der Waals surface area contributed by atoms with Gasteiger partial charge in [0.05, 0.1) is 30.9 Å². The second-order valence-corrected chi connectivity index (χ2v) is 9.64. The van der Waals surface area contributed by atoms with Crippen LogP contribution in [-0.4, -0.2) is 68.4 Å². The number of hydrogen-bond acceptors (Lipinski definition) is 7. The molecule has 0 radical (unpaired) electrons. The predicted octanol–water partition coefficient (Wildman–Crippen LogP) is 3.43. The summed E-state index contributed by atoms with van der Waals surface area (Å²) in [6.45, 7) is 0.922. The van der Waals surface area contributed by atoms with Crippen molar-refractivity contribution in [3.8, 4) is 22.8 Å². The maximum Gasteiger partial charge on any atom is 0.240 e. The number of amides is 2. The van der Waals surface area contributed by atoms with E-state index >= 15 is 0 Å². The SMILES string of the molecule is COCCCNC(=O)CN1C(=O)CSC(c2cc(OC)ccc2OC)c2c(-c3ccccc3)nn(C)c21. The van der Waals surface area contributed by atoms with E-state index in [2.05, 4.69) is 5.32 Å². The standard InChI is InChI=1S/C27H32N4O5S/c1-30-27-24(25(29-30)18-9-6-5-7-10-18)26(20-15-19(35-3)11-12-21(20)36-4)37-17-23(33)31(27)16-22(32)28-13-8-14-34-2/h5-7,9-12,15,26H,8,13-14,16-17H2,1-4H3,(H,28,32). The lowest BCUT2D eigenvalue weighted by Crippen LogP contribution is -2.42. The Kier molecular flexibility index (Phi) is 8.73. The molecule has 9 nitrogen and oxygen atoms in total. The maximum absolute atomic E-state index is 13.4. The fourth-order valence-corrected chi connectivity index (χ4v) is 5.65. The lowest BCUT2D eigenvalue weighted by atomic mass is 9.98. The van der Waals surface area contributed by atoms with Crippen molar-refractivity contribution in [3.63, 3.8) is 0 Å². The molecule has 1 unspecified atom stereocenters. The van der Waals surface area contributed by atoms with E-state index in [-0.39, 0.29) is 29.4 Å². The Morgan fingerprint density at radius 2 is 1.92 bits per heavy atom. The Morgan fingerprint density at radius 1 is 1.14 bits per heavy atom. The molecule has 10 heteroatoms. The molecule has 3 aromatic rings.